The van der Waals surface area contributed by atoms with E-state index in [1.54, 1.807) is 6.61 Å². The van der Waals surface area contributed by atoms with Crippen LogP contribution in [0.25, 0.3) is 0 Å². The maximum Gasteiger partial charge on any atom is 0.109 e. The quantitative estimate of drug-likeness (QED) is 0.420. The number of ether oxygens (including phenoxy) is 2. The van der Waals surface area contributed by atoms with E-state index in [-0.39, 0.29) is 0 Å². The van der Waals surface area contributed by atoms with Gasteiger partial charge in [-0.05, 0) is 0 Å². The molecular weight excluding hydrogens is 80.0 g/mol. The van der Waals surface area contributed by atoms with Crippen LogP contribution in [0.5, 0.6) is 0 Å². The fourth-order valence-corrected chi connectivity index (χ4v) is 0.370. The molecule has 0 bridgehead atoms. The van der Waals surface area contributed by atoms with Crippen LogP contribution in [0.3, 0.4) is 0 Å². The van der Waals surface area contributed by atoms with Gasteiger partial charge in [0.1, 0.15) is 6.61 Å². The summed E-state index contributed by atoms with van der Waals surface area (Å²) in [7, 11) is 0. The summed E-state index contributed by atoms with van der Waals surface area (Å²) in [4.78, 5) is 0. The van der Waals surface area contributed by atoms with E-state index in [9.17, 15) is 0 Å². The van der Waals surface area contributed by atoms with Crippen LogP contribution in [0.15, 0.2) is 0 Å². The van der Waals surface area contributed by atoms with Gasteiger partial charge in [0, 0.05) is 0 Å². The minimum atomic E-state index is 0.653. The average molecular weight is 87.1 g/mol. The third kappa shape index (κ3) is 0.954. The van der Waals surface area contributed by atoms with E-state index in [1.807, 2.05) is 0 Å². The maximum atomic E-state index is 4.89. The van der Waals surface area contributed by atoms with Crippen LogP contribution in [-0.2, 0) is 9.47 Å². The van der Waals surface area contributed by atoms with Gasteiger partial charge < -0.3 is 9.47 Å². The minimum absolute atomic E-state index is 0.653. The van der Waals surface area contributed by atoms with Crippen molar-refractivity contribution >= 4 is 0 Å². The van der Waals surface area contributed by atoms with Crippen LogP contribution in [0.1, 0.15) is 0 Å². The Kier molecular flexibility index (Phi) is 1.47. The van der Waals surface area contributed by atoms with Crippen LogP contribution < -0.4 is 0 Å². The van der Waals surface area contributed by atoms with Gasteiger partial charge in [0.15, 0.2) is 0 Å². The Morgan fingerprint density at radius 3 is 2.50 bits per heavy atom. The van der Waals surface area contributed by atoms with Gasteiger partial charge >= 0.3 is 0 Å². The van der Waals surface area contributed by atoms with Crippen molar-refractivity contribution in [2.75, 3.05) is 19.8 Å². The maximum absolute atomic E-state index is 4.89. The number of hydrogen-bond acceptors (Lipinski definition) is 2. The molecule has 1 rings (SSSR count). The zero-order valence-electron chi connectivity index (χ0n) is 3.52. The highest BCUT2D eigenvalue weighted by molar-refractivity contribution is 4.51. The lowest BCUT2D eigenvalue weighted by Gasteiger charge is -2.09. The Morgan fingerprint density at radius 1 is 1.33 bits per heavy atom. The van der Waals surface area contributed by atoms with Crippen LogP contribution in [0.2, 0.25) is 0 Å². The summed E-state index contributed by atoms with van der Waals surface area (Å²) < 4.78 is 9.71. The first-order chi connectivity index (χ1) is 3.00. The predicted molar refractivity (Wildman–Crippen MR) is 21.1 cm³/mol. The van der Waals surface area contributed by atoms with E-state index in [1.165, 1.54) is 0 Å². The van der Waals surface area contributed by atoms with E-state index < -0.39 is 0 Å². The van der Waals surface area contributed by atoms with Crippen molar-refractivity contribution in [2.24, 2.45) is 0 Å². The highest BCUT2D eigenvalue weighted by Crippen LogP contribution is 1.90. The van der Waals surface area contributed by atoms with Gasteiger partial charge in [-0.2, -0.15) is 0 Å². The first kappa shape index (κ1) is 4.09. The summed E-state index contributed by atoms with van der Waals surface area (Å²) in [6.07, 6.45) is 0. The van der Waals surface area contributed by atoms with Crippen molar-refractivity contribution in [2.45, 2.75) is 0 Å². The van der Waals surface area contributed by atoms with Gasteiger partial charge in [0.25, 0.3) is 0 Å². The second kappa shape index (κ2) is 2.16. The molecule has 35 valence electrons. The molecule has 0 aromatic heterocycles. The largest absolute Gasteiger partial charge is 0.376 e. The molecule has 1 fully saturated rings. The van der Waals surface area contributed by atoms with E-state index in [0.29, 0.717) is 6.61 Å². The molecule has 0 spiro atoms. The van der Waals surface area contributed by atoms with Crippen LogP contribution in [-0.4, -0.2) is 19.8 Å². The SMILES string of the molecule is [CH]1COCCO1. The third-order valence-electron chi connectivity index (χ3n) is 0.649. The fraction of sp³-hybridized carbons (Fsp3) is 0.750. The lowest BCUT2D eigenvalue weighted by Crippen LogP contribution is -2.12. The molecule has 0 amide bonds. The Morgan fingerprint density at radius 2 is 2.33 bits per heavy atom. The second-order valence-corrected chi connectivity index (χ2v) is 1.11. The molecule has 2 nitrogen and oxygen atoms in total. The second-order valence-electron chi connectivity index (χ2n) is 1.11. The Bertz CT molecular complexity index is 21.0. The van der Waals surface area contributed by atoms with E-state index in [4.69, 9.17) is 9.47 Å². The topological polar surface area (TPSA) is 18.5 Å². The summed E-state index contributed by atoms with van der Waals surface area (Å²) in [5.41, 5.74) is 0. The summed E-state index contributed by atoms with van der Waals surface area (Å²) in [6.45, 7) is 3.79. The molecule has 0 unspecified atom stereocenters. The molecule has 0 aromatic rings. The average Bonchev–Trinajstić information content (AvgIpc) is 1.72. The van der Waals surface area contributed by atoms with Crippen molar-refractivity contribution in [1.29, 1.82) is 0 Å². The van der Waals surface area contributed by atoms with Gasteiger partial charge in [-0.3, -0.25) is 0 Å². The summed E-state index contributed by atoms with van der Waals surface area (Å²) in [6, 6.07) is 0. The molecule has 0 aliphatic carbocycles. The molecule has 0 aromatic carbocycles. The van der Waals surface area contributed by atoms with Crippen molar-refractivity contribution in [3.05, 3.63) is 6.61 Å². The van der Waals surface area contributed by atoms with E-state index in [2.05, 4.69) is 0 Å². The molecule has 1 saturated heterocycles. The molecule has 1 heterocycles. The first-order valence-corrected chi connectivity index (χ1v) is 2.01. The Hall–Kier alpha value is -0.0800. The van der Waals surface area contributed by atoms with E-state index >= 15 is 0 Å². The van der Waals surface area contributed by atoms with Crippen molar-refractivity contribution in [1.82, 2.24) is 0 Å². The van der Waals surface area contributed by atoms with Crippen molar-refractivity contribution < 1.29 is 9.47 Å². The van der Waals surface area contributed by atoms with Crippen molar-refractivity contribution in [3.63, 3.8) is 0 Å². The first-order valence-electron chi connectivity index (χ1n) is 2.01. The molecule has 1 radical (unpaired) electrons. The Balaban J connectivity index is 2.00. The molecule has 2 heteroatoms. The molecule has 1 aliphatic heterocycles. The summed E-state index contributed by atoms with van der Waals surface area (Å²) in [5.74, 6) is 0. The summed E-state index contributed by atoms with van der Waals surface area (Å²) >= 11 is 0. The molecule has 0 atom stereocenters. The zero-order valence-corrected chi connectivity index (χ0v) is 3.52. The molecule has 0 saturated carbocycles. The van der Waals surface area contributed by atoms with Gasteiger partial charge in [-0.15, -0.1) is 0 Å². The van der Waals surface area contributed by atoms with E-state index in [0.717, 1.165) is 13.2 Å². The molecule has 6 heavy (non-hydrogen) atoms. The lowest BCUT2D eigenvalue weighted by atomic mass is 10.6. The van der Waals surface area contributed by atoms with Crippen LogP contribution in [0.4, 0.5) is 0 Å². The minimum Gasteiger partial charge on any atom is -0.376 e. The monoisotopic (exact) mass is 87.0 g/mol. The van der Waals surface area contributed by atoms with Crippen molar-refractivity contribution in [3.8, 4) is 0 Å². The zero-order chi connectivity index (χ0) is 4.24. The van der Waals surface area contributed by atoms with Gasteiger partial charge in [-0.25, -0.2) is 0 Å². The number of hydrogen-bond donors (Lipinski definition) is 0. The summed E-state index contributed by atoms with van der Waals surface area (Å²) in [5, 5.41) is 0. The Labute approximate surface area is 37.1 Å². The standard InChI is InChI=1S/C4H7O2/c1-2-6-4-3-5-1/h1H,2-4H2. The fourth-order valence-electron chi connectivity index (χ4n) is 0.370. The lowest BCUT2D eigenvalue weighted by molar-refractivity contribution is 0.00613. The molecule has 0 N–H and O–H groups in total. The van der Waals surface area contributed by atoms with Crippen LogP contribution >= 0.6 is 0 Å². The van der Waals surface area contributed by atoms with Gasteiger partial charge in [-0.1, -0.05) is 0 Å². The van der Waals surface area contributed by atoms with Gasteiger partial charge in [0.05, 0.1) is 19.8 Å². The van der Waals surface area contributed by atoms with Crippen LogP contribution in [0, 0.1) is 6.61 Å². The van der Waals surface area contributed by atoms with Gasteiger partial charge in [0.2, 0.25) is 0 Å². The smallest absolute Gasteiger partial charge is 0.109 e. The highest BCUT2D eigenvalue weighted by Gasteiger charge is 1.95. The predicted octanol–water partition coefficient (Wildman–Crippen LogP) is 0.195. The third-order valence-corrected chi connectivity index (χ3v) is 0.649. The highest BCUT2D eigenvalue weighted by atomic mass is 16.6. The molecule has 1 aliphatic rings. The normalized spacial score (nSPS) is 24.0. The number of rotatable bonds is 0. The molecular formula is C4H7O2.